The first-order valence-corrected chi connectivity index (χ1v) is 8.75. The molecule has 0 radical (unpaired) electrons. The zero-order valence-corrected chi connectivity index (χ0v) is 14.8. The van der Waals surface area contributed by atoms with Gasteiger partial charge in [0, 0.05) is 31.5 Å². The molecule has 1 fully saturated rings. The highest BCUT2D eigenvalue weighted by molar-refractivity contribution is 5.89. The van der Waals surface area contributed by atoms with E-state index in [4.69, 9.17) is 4.74 Å². The molecule has 0 spiro atoms. The number of hydrogen-bond acceptors (Lipinski definition) is 4. The Kier molecular flexibility index (Phi) is 5.65. The van der Waals surface area contributed by atoms with E-state index in [0.717, 1.165) is 55.9 Å². The van der Waals surface area contributed by atoms with E-state index in [0.29, 0.717) is 11.9 Å². The first-order valence-electron chi connectivity index (χ1n) is 8.75. The number of nitrogens with zero attached hydrogens (tertiary/aromatic N) is 3. The molecule has 7 nitrogen and oxygen atoms in total. The number of H-pyrrole nitrogens is 1. The fraction of sp³-hybridized carbons (Fsp3) is 0.500. The molecule has 2 heterocycles. The first kappa shape index (κ1) is 17.4. The van der Waals surface area contributed by atoms with Gasteiger partial charge in [0.25, 0.3) is 0 Å². The predicted octanol–water partition coefficient (Wildman–Crippen LogP) is 3.20. The lowest BCUT2D eigenvalue weighted by Gasteiger charge is -2.19. The predicted molar refractivity (Wildman–Crippen MR) is 96.4 cm³/mol. The van der Waals surface area contributed by atoms with E-state index >= 15 is 0 Å². The molecular weight excluding hydrogens is 318 g/mol. The van der Waals surface area contributed by atoms with Crippen LogP contribution < -0.4 is 5.32 Å². The fourth-order valence-electron chi connectivity index (χ4n) is 2.92. The van der Waals surface area contributed by atoms with E-state index in [1.54, 1.807) is 4.90 Å². The highest BCUT2D eigenvalue weighted by atomic mass is 16.5. The van der Waals surface area contributed by atoms with Crippen LogP contribution in [-0.4, -0.2) is 52.4 Å². The Morgan fingerprint density at radius 2 is 2.20 bits per heavy atom. The lowest BCUT2D eigenvalue weighted by molar-refractivity contribution is 0.101. The number of carbonyl (C=O) groups is 1. The summed E-state index contributed by atoms with van der Waals surface area (Å²) < 4.78 is 5.61. The Morgan fingerprint density at radius 1 is 1.40 bits per heavy atom. The van der Waals surface area contributed by atoms with Crippen LogP contribution >= 0.6 is 0 Å². The van der Waals surface area contributed by atoms with Gasteiger partial charge in [0.05, 0.1) is 6.10 Å². The van der Waals surface area contributed by atoms with Crippen LogP contribution in [0.5, 0.6) is 0 Å². The van der Waals surface area contributed by atoms with Gasteiger partial charge in [-0.15, -0.1) is 0 Å². The summed E-state index contributed by atoms with van der Waals surface area (Å²) in [7, 11) is 1.82. The Morgan fingerprint density at radius 3 is 2.84 bits per heavy atom. The number of benzene rings is 1. The summed E-state index contributed by atoms with van der Waals surface area (Å²) in [4.78, 5) is 18.3. The lowest BCUT2D eigenvalue weighted by atomic mass is 10.1. The zero-order chi connectivity index (χ0) is 17.6. The van der Waals surface area contributed by atoms with Crippen LogP contribution in [0.2, 0.25) is 0 Å². The Labute approximate surface area is 147 Å². The van der Waals surface area contributed by atoms with E-state index < -0.39 is 0 Å². The lowest BCUT2D eigenvalue weighted by Crippen LogP contribution is -2.32. The van der Waals surface area contributed by atoms with E-state index in [-0.39, 0.29) is 6.03 Å². The van der Waals surface area contributed by atoms with Gasteiger partial charge in [-0.25, -0.2) is 9.78 Å². The maximum atomic E-state index is 12.3. The molecule has 1 saturated heterocycles. The van der Waals surface area contributed by atoms with Gasteiger partial charge in [-0.3, -0.25) is 5.10 Å². The molecule has 25 heavy (non-hydrogen) atoms. The average molecular weight is 343 g/mol. The van der Waals surface area contributed by atoms with Crippen molar-refractivity contribution in [1.82, 2.24) is 20.1 Å². The van der Waals surface area contributed by atoms with Crippen molar-refractivity contribution in [2.75, 3.05) is 25.5 Å². The van der Waals surface area contributed by atoms with E-state index in [1.165, 1.54) is 0 Å². The van der Waals surface area contributed by atoms with Gasteiger partial charge in [-0.1, -0.05) is 0 Å². The highest BCUT2D eigenvalue weighted by Gasteiger charge is 2.16. The van der Waals surface area contributed by atoms with Crippen LogP contribution in [0.15, 0.2) is 24.3 Å². The quantitative estimate of drug-likeness (QED) is 0.844. The van der Waals surface area contributed by atoms with Gasteiger partial charge in [0.15, 0.2) is 5.82 Å². The van der Waals surface area contributed by atoms with Crippen LogP contribution in [-0.2, 0) is 4.74 Å². The van der Waals surface area contributed by atoms with Gasteiger partial charge in [-0.2, -0.15) is 5.10 Å². The van der Waals surface area contributed by atoms with Gasteiger partial charge in [0.1, 0.15) is 5.82 Å². The van der Waals surface area contributed by atoms with E-state index in [9.17, 15) is 4.79 Å². The number of aryl methyl sites for hydroxylation is 1. The number of anilines is 1. The van der Waals surface area contributed by atoms with Crippen molar-refractivity contribution in [2.24, 2.45) is 0 Å². The second-order valence-corrected chi connectivity index (χ2v) is 6.45. The van der Waals surface area contributed by atoms with Gasteiger partial charge in [0.2, 0.25) is 0 Å². The molecule has 2 amide bonds. The highest BCUT2D eigenvalue weighted by Crippen LogP contribution is 2.19. The maximum Gasteiger partial charge on any atom is 0.321 e. The summed E-state index contributed by atoms with van der Waals surface area (Å²) >= 11 is 0. The molecular formula is C18H25N5O2. The topological polar surface area (TPSA) is 83.1 Å². The minimum absolute atomic E-state index is 0.103. The number of rotatable bonds is 6. The minimum Gasteiger partial charge on any atom is -0.378 e. The number of aromatic amines is 1. The molecule has 3 rings (SSSR count). The Hall–Kier alpha value is -2.41. The third-order valence-corrected chi connectivity index (χ3v) is 4.38. The number of aromatic nitrogens is 3. The minimum atomic E-state index is -0.103. The molecule has 0 saturated carbocycles. The van der Waals surface area contributed by atoms with Crippen molar-refractivity contribution in [3.63, 3.8) is 0 Å². The summed E-state index contributed by atoms with van der Waals surface area (Å²) in [6.07, 6.45) is 4.65. The molecule has 1 aliphatic rings. The molecule has 134 valence electrons. The van der Waals surface area contributed by atoms with Crippen LogP contribution in [0.1, 0.15) is 31.5 Å². The summed E-state index contributed by atoms with van der Waals surface area (Å²) in [5.74, 6) is 1.43. The third kappa shape index (κ3) is 4.79. The Bertz CT molecular complexity index is 692. The smallest absolute Gasteiger partial charge is 0.321 e. The van der Waals surface area contributed by atoms with E-state index in [1.807, 2.05) is 38.2 Å². The van der Waals surface area contributed by atoms with Crippen LogP contribution in [0.3, 0.4) is 0 Å². The van der Waals surface area contributed by atoms with E-state index in [2.05, 4.69) is 20.5 Å². The molecule has 7 heteroatoms. The number of hydrogen-bond donors (Lipinski definition) is 2. The standard InChI is InChI=1S/C18H25N5O2/c1-13-19-17(22-21-13)14-7-9-15(10-8-14)20-18(24)23(2)11-3-5-16-6-4-12-25-16/h7-10,16H,3-6,11-12H2,1-2H3,(H,20,24)(H,19,21,22)/t16-/m1/s1. The molecule has 1 aromatic carbocycles. The van der Waals surface area contributed by atoms with Crippen LogP contribution in [0.4, 0.5) is 10.5 Å². The van der Waals surface area contributed by atoms with Crippen molar-refractivity contribution in [1.29, 1.82) is 0 Å². The second kappa shape index (κ2) is 8.11. The fourth-order valence-corrected chi connectivity index (χ4v) is 2.92. The van der Waals surface area contributed by atoms with Gasteiger partial charge >= 0.3 is 6.03 Å². The third-order valence-electron chi connectivity index (χ3n) is 4.38. The summed E-state index contributed by atoms with van der Waals surface area (Å²) in [6, 6.07) is 7.41. The molecule has 2 N–H and O–H groups in total. The summed E-state index contributed by atoms with van der Waals surface area (Å²) in [5, 5.41) is 9.86. The molecule has 1 aliphatic heterocycles. The molecule has 2 aromatic rings. The SMILES string of the molecule is Cc1nc(-c2ccc(NC(=O)N(C)CCC[C@@H]3CCCO3)cc2)n[nH]1. The molecule has 1 aromatic heterocycles. The zero-order valence-electron chi connectivity index (χ0n) is 14.8. The van der Waals surface area contributed by atoms with Crippen LogP contribution in [0.25, 0.3) is 11.4 Å². The van der Waals surface area contributed by atoms with Crippen molar-refractivity contribution in [2.45, 2.75) is 38.7 Å². The normalized spacial score (nSPS) is 16.8. The number of urea groups is 1. The first-order chi connectivity index (χ1) is 12.1. The summed E-state index contributed by atoms with van der Waals surface area (Å²) in [6.45, 7) is 3.46. The summed E-state index contributed by atoms with van der Waals surface area (Å²) in [5.41, 5.74) is 1.67. The molecule has 0 unspecified atom stereocenters. The van der Waals surface area contributed by atoms with Crippen molar-refractivity contribution >= 4 is 11.7 Å². The molecule has 0 aliphatic carbocycles. The Balaban J connectivity index is 1.46. The van der Waals surface area contributed by atoms with Gasteiger partial charge in [-0.05, 0) is 56.9 Å². The van der Waals surface area contributed by atoms with Crippen molar-refractivity contribution in [3.8, 4) is 11.4 Å². The van der Waals surface area contributed by atoms with Crippen molar-refractivity contribution < 1.29 is 9.53 Å². The molecule has 0 bridgehead atoms. The number of ether oxygens (including phenoxy) is 1. The largest absolute Gasteiger partial charge is 0.378 e. The van der Waals surface area contributed by atoms with Crippen LogP contribution in [0, 0.1) is 6.92 Å². The second-order valence-electron chi connectivity index (χ2n) is 6.45. The monoisotopic (exact) mass is 343 g/mol. The maximum absolute atomic E-state index is 12.3. The number of carbonyl (C=O) groups excluding carboxylic acids is 1. The number of amides is 2. The molecule has 1 atom stereocenters. The van der Waals surface area contributed by atoms with Crippen molar-refractivity contribution in [3.05, 3.63) is 30.1 Å². The number of nitrogens with one attached hydrogen (secondary N) is 2. The van der Waals surface area contributed by atoms with Gasteiger partial charge < -0.3 is 15.0 Å². The average Bonchev–Trinajstić information content (AvgIpc) is 3.27.